The van der Waals surface area contributed by atoms with E-state index in [2.05, 4.69) is 10.3 Å². The Hall–Kier alpha value is -1.10. The lowest BCUT2D eigenvalue weighted by molar-refractivity contribution is -0.126. The van der Waals surface area contributed by atoms with Crippen LogP contribution in [0.1, 0.15) is 18.4 Å². The van der Waals surface area contributed by atoms with Crippen LogP contribution in [-0.4, -0.2) is 23.9 Å². The number of nitrogens with one attached hydrogen (secondary N) is 1. The van der Waals surface area contributed by atoms with E-state index >= 15 is 0 Å². The fourth-order valence-corrected chi connectivity index (χ4v) is 2.59. The Bertz CT molecular complexity index is 424. The predicted molar refractivity (Wildman–Crippen MR) is 71.8 cm³/mol. The average molecular weight is 268 g/mol. The van der Waals surface area contributed by atoms with Gasteiger partial charge in [0.25, 0.3) is 0 Å². The van der Waals surface area contributed by atoms with E-state index in [1.165, 1.54) is 0 Å². The van der Waals surface area contributed by atoms with E-state index in [0.29, 0.717) is 0 Å². The first kappa shape index (κ1) is 13.3. The largest absolute Gasteiger partial charge is 0.298 e. The van der Waals surface area contributed by atoms with Gasteiger partial charge in [0.15, 0.2) is 0 Å². The van der Waals surface area contributed by atoms with E-state index in [4.69, 9.17) is 17.4 Å². The molecule has 1 aliphatic rings. The molecule has 2 rings (SSSR count). The topological polar surface area (TPSA) is 58.4 Å². The lowest BCUT2D eigenvalue weighted by atomic mass is 9.97. The van der Waals surface area contributed by atoms with Crippen LogP contribution >= 0.6 is 11.6 Å². The van der Waals surface area contributed by atoms with E-state index in [0.717, 1.165) is 43.1 Å². The molecule has 1 fully saturated rings. The van der Waals surface area contributed by atoms with Gasteiger partial charge < -0.3 is 0 Å². The third kappa shape index (κ3) is 3.22. The number of hydrogen-bond acceptors (Lipinski definition) is 3. The SMILES string of the molecule is NNC(=O)[C@H]1CCCN(Cc2ccccc2Cl)C1. The van der Waals surface area contributed by atoms with Crippen LogP contribution in [0, 0.1) is 5.92 Å². The first-order valence-corrected chi connectivity index (χ1v) is 6.54. The molecule has 1 amide bonds. The molecule has 0 aromatic heterocycles. The third-order valence-corrected chi connectivity index (χ3v) is 3.74. The van der Waals surface area contributed by atoms with Crippen LogP contribution in [-0.2, 0) is 11.3 Å². The molecule has 18 heavy (non-hydrogen) atoms. The smallest absolute Gasteiger partial charge is 0.238 e. The number of nitrogens with two attached hydrogens (primary N) is 1. The second-order valence-corrected chi connectivity index (χ2v) is 5.08. The van der Waals surface area contributed by atoms with E-state index < -0.39 is 0 Å². The standard InChI is InChI=1S/C13H18ClN3O/c14-12-6-2-1-4-10(12)8-17-7-3-5-11(9-17)13(18)16-15/h1-2,4,6,11H,3,5,7-9,15H2,(H,16,18)/t11-/m0/s1. The number of rotatable bonds is 3. The molecule has 1 saturated heterocycles. The molecule has 1 heterocycles. The van der Waals surface area contributed by atoms with Crippen LogP contribution in [0.3, 0.4) is 0 Å². The monoisotopic (exact) mass is 267 g/mol. The zero-order chi connectivity index (χ0) is 13.0. The molecule has 0 bridgehead atoms. The van der Waals surface area contributed by atoms with Gasteiger partial charge in [0.2, 0.25) is 5.91 Å². The number of carbonyl (C=O) groups excluding carboxylic acids is 1. The number of piperidine rings is 1. The van der Waals surface area contributed by atoms with Crippen molar-refractivity contribution in [1.82, 2.24) is 10.3 Å². The van der Waals surface area contributed by atoms with Crippen molar-refractivity contribution in [2.75, 3.05) is 13.1 Å². The maximum Gasteiger partial charge on any atom is 0.238 e. The molecule has 3 N–H and O–H groups in total. The van der Waals surface area contributed by atoms with Crippen LogP contribution in [0.25, 0.3) is 0 Å². The summed E-state index contributed by atoms with van der Waals surface area (Å²) in [5, 5.41) is 0.780. The van der Waals surface area contributed by atoms with Crippen molar-refractivity contribution < 1.29 is 4.79 Å². The van der Waals surface area contributed by atoms with Crippen molar-refractivity contribution in [3.05, 3.63) is 34.9 Å². The van der Waals surface area contributed by atoms with Crippen molar-refractivity contribution in [3.8, 4) is 0 Å². The number of amides is 1. The molecular weight excluding hydrogens is 250 g/mol. The molecule has 5 heteroatoms. The van der Waals surface area contributed by atoms with Gasteiger partial charge in [-0.2, -0.15) is 0 Å². The van der Waals surface area contributed by atoms with Gasteiger partial charge in [0.1, 0.15) is 0 Å². The van der Waals surface area contributed by atoms with Crippen LogP contribution in [0.5, 0.6) is 0 Å². The van der Waals surface area contributed by atoms with Gasteiger partial charge in [-0.15, -0.1) is 0 Å². The Labute approximate surface area is 112 Å². The van der Waals surface area contributed by atoms with Crippen LogP contribution in [0.15, 0.2) is 24.3 Å². The molecule has 0 spiro atoms. The van der Waals surface area contributed by atoms with E-state index in [1.807, 2.05) is 24.3 Å². The number of hydrogen-bond donors (Lipinski definition) is 2. The number of likely N-dealkylation sites (tertiary alicyclic amines) is 1. The molecule has 1 aromatic rings. The minimum Gasteiger partial charge on any atom is -0.298 e. The highest BCUT2D eigenvalue weighted by Gasteiger charge is 2.25. The summed E-state index contributed by atoms with van der Waals surface area (Å²) in [5.74, 6) is 5.11. The molecule has 0 unspecified atom stereocenters. The Morgan fingerprint density at radius 1 is 1.50 bits per heavy atom. The fourth-order valence-electron chi connectivity index (χ4n) is 2.40. The summed E-state index contributed by atoms with van der Waals surface area (Å²) in [5.41, 5.74) is 3.34. The maximum absolute atomic E-state index is 11.5. The summed E-state index contributed by atoms with van der Waals surface area (Å²) >= 11 is 6.14. The molecule has 0 aliphatic carbocycles. The second kappa shape index (κ2) is 6.18. The van der Waals surface area contributed by atoms with Gasteiger partial charge in [-0.25, -0.2) is 5.84 Å². The van der Waals surface area contributed by atoms with Crippen molar-refractivity contribution in [2.45, 2.75) is 19.4 Å². The summed E-state index contributed by atoms with van der Waals surface area (Å²) in [6, 6.07) is 7.82. The summed E-state index contributed by atoms with van der Waals surface area (Å²) in [4.78, 5) is 13.8. The van der Waals surface area contributed by atoms with Gasteiger partial charge in [-0.05, 0) is 31.0 Å². The molecule has 98 valence electrons. The van der Waals surface area contributed by atoms with E-state index in [-0.39, 0.29) is 11.8 Å². The van der Waals surface area contributed by atoms with Crippen molar-refractivity contribution in [2.24, 2.45) is 11.8 Å². The minimum atomic E-state index is -0.0705. The first-order chi connectivity index (χ1) is 8.70. The average Bonchev–Trinajstić information content (AvgIpc) is 2.41. The molecule has 0 saturated carbocycles. The highest BCUT2D eigenvalue weighted by molar-refractivity contribution is 6.31. The molecule has 1 aromatic carbocycles. The van der Waals surface area contributed by atoms with Crippen molar-refractivity contribution in [3.63, 3.8) is 0 Å². The first-order valence-electron chi connectivity index (χ1n) is 6.17. The van der Waals surface area contributed by atoms with Gasteiger partial charge in [0.05, 0.1) is 5.92 Å². The number of carbonyl (C=O) groups is 1. The zero-order valence-electron chi connectivity index (χ0n) is 10.2. The molecule has 1 aliphatic heterocycles. The molecular formula is C13H18ClN3O. The Morgan fingerprint density at radius 2 is 2.28 bits per heavy atom. The molecule has 0 radical (unpaired) electrons. The highest BCUT2D eigenvalue weighted by Crippen LogP contribution is 2.22. The minimum absolute atomic E-state index is 0.00811. The molecule has 4 nitrogen and oxygen atoms in total. The summed E-state index contributed by atoms with van der Waals surface area (Å²) in [7, 11) is 0. The summed E-state index contributed by atoms with van der Waals surface area (Å²) in [6.45, 7) is 2.53. The van der Waals surface area contributed by atoms with Gasteiger partial charge in [-0.1, -0.05) is 29.8 Å². The van der Waals surface area contributed by atoms with Crippen LogP contribution < -0.4 is 11.3 Å². The van der Waals surface area contributed by atoms with Crippen LogP contribution in [0.4, 0.5) is 0 Å². The van der Waals surface area contributed by atoms with Gasteiger partial charge in [0, 0.05) is 18.1 Å². The fraction of sp³-hybridized carbons (Fsp3) is 0.462. The van der Waals surface area contributed by atoms with E-state index in [1.54, 1.807) is 0 Å². The van der Waals surface area contributed by atoms with Gasteiger partial charge >= 0.3 is 0 Å². The lowest BCUT2D eigenvalue weighted by Gasteiger charge is -2.31. The van der Waals surface area contributed by atoms with Gasteiger partial charge in [-0.3, -0.25) is 15.1 Å². The Balaban J connectivity index is 1.98. The lowest BCUT2D eigenvalue weighted by Crippen LogP contribution is -2.44. The molecule has 1 atom stereocenters. The second-order valence-electron chi connectivity index (χ2n) is 4.67. The highest BCUT2D eigenvalue weighted by atomic mass is 35.5. The zero-order valence-corrected chi connectivity index (χ0v) is 11.0. The quantitative estimate of drug-likeness (QED) is 0.496. The Morgan fingerprint density at radius 3 is 3.00 bits per heavy atom. The third-order valence-electron chi connectivity index (χ3n) is 3.37. The Kier molecular flexibility index (Phi) is 4.58. The van der Waals surface area contributed by atoms with Crippen molar-refractivity contribution in [1.29, 1.82) is 0 Å². The predicted octanol–water partition coefficient (Wildman–Crippen LogP) is 1.54. The normalized spacial score (nSPS) is 20.7. The number of halogens is 1. The van der Waals surface area contributed by atoms with E-state index in [9.17, 15) is 4.79 Å². The van der Waals surface area contributed by atoms with Crippen molar-refractivity contribution >= 4 is 17.5 Å². The number of nitrogens with zero attached hydrogens (tertiary/aromatic N) is 1. The maximum atomic E-state index is 11.5. The van der Waals surface area contributed by atoms with Crippen LogP contribution in [0.2, 0.25) is 5.02 Å². The summed E-state index contributed by atoms with van der Waals surface area (Å²) in [6.07, 6.45) is 1.92. The number of benzene rings is 1. The number of hydrazine groups is 1. The summed E-state index contributed by atoms with van der Waals surface area (Å²) < 4.78 is 0.